The molecule has 0 saturated carbocycles. The SMILES string of the molecule is CCCNCCCc1nnc(-c2sccc2OC)o1. The zero-order valence-electron chi connectivity index (χ0n) is 11.3. The van der Waals surface area contributed by atoms with Crippen LogP contribution in [0, 0.1) is 0 Å². The van der Waals surface area contributed by atoms with E-state index in [-0.39, 0.29) is 0 Å². The van der Waals surface area contributed by atoms with Gasteiger partial charge in [0, 0.05) is 6.42 Å². The molecule has 0 aliphatic rings. The summed E-state index contributed by atoms with van der Waals surface area (Å²) in [5.74, 6) is 2.01. The summed E-state index contributed by atoms with van der Waals surface area (Å²) in [6.07, 6.45) is 2.96. The number of hydrogen-bond acceptors (Lipinski definition) is 6. The molecule has 2 rings (SSSR count). The van der Waals surface area contributed by atoms with E-state index in [9.17, 15) is 0 Å². The summed E-state index contributed by atoms with van der Waals surface area (Å²) in [4.78, 5) is 0.894. The molecule has 0 aliphatic carbocycles. The van der Waals surface area contributed by atoms with Gasteiger partial charge in [0.2, 0.25) is 5.89 Å². The molecule has 6 heteroatoms. The topological polar surface area (TPSA) is 60.2 Å². The zero-order valence-corrected chi connectivity index (χ0v) is 12.1. The molecule has 0 bridgehead atoms. The second-order valence-electron chi connectivity index (χ2n) is 4.17. The third-order valence-corrected chi connectivity index (χ3v) is 3.56. The molecule has 0 radical (unpaired) electrons. The van der Waals surface area contributed by atoms with Crippen molar-refractivity contribution in [2.24, 2.45) is 0 Å². The van der Waals surface area contributed by atoms with Gasteiger partial charge in [0.25, 0.3) is 5.89 Å². The highest BCUT2D eigenvalue weighted by Gasteiger charge is 2.14. The lowest BCUT2D eigenvalue weighted by Crippen LogP contribution is -2.16. The summed E-state index contributed by atoms with van der Waals surface area (Å²) in [5.41, 5.74) is 0. The molecule has 2 heterocycles. The van der Waals surface area contributed by atoms with Gasteiger partial charge in [-0.3, -0.25) is 0 Å². The number of nitrogens with zero attached hydrogens (tertiary/aromatic N) is 2. The summed E-state index contributed by atoms with van der Waals surface area (Å²) in [6, 6.07) is 1.90. The molecule has 0 unspecified atom stereocenters. The highest BCUT2D eigenvalue weighted by Crippen LogP contribution is 2.34. The van der Waals surface area contributed by atoms with E-state index in [1.807, 2.05) is 11.4 Å². The largest absolute Gasteiger partial charge is 0.495 e. The molecular weight excluding hydrogens is 262 g/mol. The Hall–Kier alpha value is -1.40. The molecule has 5 nitrogen and oxygen atoms in total. The average Bonchev–Trinajstić information content (AvgIpc) is 3.06. The standard InChI is InChI=1S/C13H19N3O2S/c1-3-7-14-8-4-5-11-15-16-13(18-11)12-10(17-2)6-9-19-12/h6,9,14H,3-5,7-8H2,1-2H3. The molecule has 0 amide bonds. The molecule has 0 atom stereocenters. The Kier molecular flexibility index (Phi) is 5.35. The highest BCUT2D eigenvalue weighted by molar-refractivity contribution is 7.13. The molecule has 0 fully saturated rings. The van der Waals surface area contributed by atoms with Crippen molar-refractivity contribution in [1.82, 2.24) is 15.5 Å². The van der Waals surface area contributed by atoms with E-state index in [1.54, 1.807) is 18.4 Å². The van der Waals surface area contributed by atoms with Crippen LogP contribution >= 0.6 is 11.3 Å². The summed E-state index contributed by atoms with van der Waals surface area (Å²) >= 11 is 1.54. The van der Waals surface area contributed by atoms with Crippen LogP contribution in [-0.2, 0) is 6.42 Å². The third-order valence-electron chi connectivity index (χ3n) is 2.68. The summed E-state index contributed by atoms with van der Waals surface area (Å²) in [7, 11) is 1.64. The first-order valence-electron chi connectivity index (χ1n) is 6.50. The predicted molar refractivity (Wildman–Crippen MR) is 75.6 cm³/mol. The van der Waals surface area contributed by atoms with Crippen LogP contribution in [0.25, 0.3) is 10.8 Å². The first-order chi connectivity index (χ1) is 9.35. The number of thiophene rings is 1. The van der Waals surface area contributed by atoms with Crippen molar-refractivity contribution in [3.8, 4) is 16.5 Å². The van der Waals surface area contributed by atoms with Crippen LogP contribution in [0.4, 0.5) is 0 Å². The Labute approximate surface area is 117 Å². The van der Waals surface area contributed by atoms with Crippen LogP contribution in [-0.4, -0.2) is 30.4 Å². The lowest BCUT2D eigenvalue weighted by molar-refractivity contribution is 0.415. The number of methoxy groups -OCH3 is 1. The fourth-order valence-corrected chi connectivity index (χ4v) is 2.51. The van der Waals surface area contributed by atoms with Gasteiger partial charge in [0.15, 0.2) is 0 Å². The van der Waals surface area contributed by atoms with Crippen molar-refractivity contribution in [1.29, 1.82) is 0 Å². The zero-order chi connectivity index (χ0) is 13.5. The Morgan fingerprint density at radius 2 is 2.26 bits per heavy atom. The number of aryl methyl sites for hydroxylation is 1. The van der Waals surface area contributed by atoms with Crippen LogP contribution in [0.15, 0.2) is 15.9 Å². The Morgan fingerprint density at radius 1 is 1.37 bits per heavy atom. The Morgan fingerprint density at radius 3 is 3.05 bits per heavy atom. The van der Waals surface area contributed by atoms with Gasteiger partial charge in [-0.1, -0.05) is 6.92 Å². The Bertz CT molecular complexity index is 496. The maximum absolute atomic E-state index is 5.66. The van der Waals surface area contributed by atoms with Crippen LogP contribution in [0.5, 0.6) is 5.75 Å². The first-order valence-corrected chi connectivity index (χ1v) is 7.38. The maximum Gasteiger partial charge on any atom is 0.261 e. The van der Waals surface area contributed by atoms with Crippen LogP contribution in [0.2, 0.25) is 0 Å². The van der Waals surface area contributed by atoms with Gasteiger partial charge in [0.1, 0.15) is 10.6 Å². The molecule has 1 N–H and O–H groups in total. The fraction of sp³-hybridized carbons (Fsp3) is 0.538. The molecule has 0 aromatic carbocycles. The van der Waals surface area contributed by atoms with Gasteiger partial charge in [-0.05, 0) is 37.4 Å². The van der Waals surface area contributed by atoms with E-state index in [1.165, 1.54) is 0 Å². The van der Waals surface area contributed by atoms with E-state index in [4.69, 9.17) is 9.15 Å². The van der Waals surface area contributed by atoms with Crippen molar-refractivity contribution >= 4 is 11.3 Å². The van der Waals surface area contributed by atoms with Gasteiger partial charge in [-0.25, -0.2) is 0 Å². The van der Waals surface area contributed by atoms with Gasteiger partial charge < -0.3 is 14.5 Å². The second kappa shape index (κ2) is 7.25. The summed E-state index contributed by atoms with van der Waals surface area (Å²) in [5, 5.41) is 13.4. The normalized spacial score (nSPS) is 10.8. The molecule has 19 heavy (non-hydrogen) atoms. The number of ether oxygens (including phenoxy) is 1. The molecule has 2 aromatic heterocycles. The minimum absolute atomic E-state index is 0.545. The van der Waals surface area contributed by atoms with E-state index in [0.29, 0.717) is 11.8 Å². The van der Waals surface area contributed by atoms with Gasteiger partial charge in [-0.15, -0.1) is 21.5 Å². The number of rotatable bonds is 8. The van der Waals surface area contributed by atoms with E-state index >= 15 is 0 Å². The van der Waals surface area contributed by atoms with Crippen molar-refractivity contribution in [2.45, 2.75) is 26.2 Å². The molecule has 104 valence electrons. The fourth-order valence-electron chi connectivity index (χ4n) is 1.73. The molecule has 0 saturated heterocycles. The summed E-state index contributed by atoms with van der Waals surface area (Å²) in [6.45, 7) is 4.20. The lowest BCUT2D eigenvalue weighted by Gasteiger charge is -2.00. The lowest BCUT2D eigenvalue weighted by atomic mass is 10.3. The minimum atomic E-state index is 0.545. The van der Waals surface area contributed by atoms with E-state index < -0.39 is 0 Å². The van der Waals surface area contributed by atoms with Crippen molar-refractivity contribution < 1.29 is 9.15 Å². The maximum atomic E-state index is 5.66. The molecule has 0 spiro atoms. The van der Waals surface area contributed by atoms with Gasteiger partial charge in [0.05, 0.1) is 7.11 Å². The van der Waals surface area contributed by atoms with Crippen LogP contribution in [0.3, 0.4) is 0 Å². The Balaban J connectivity index is 1.88. The highest BCUT2D eigenvalue weighted by atomic mass is 32.1. The van der Waals surface area contributed by atoms with E-state index in [2.05, 4.69) is 22.4 Å². The van der Waals surface area contributed by atoms with Crippen molar-refractivity contribution in [2.75, 3.05) is 20.2 Å². The monoisotopic (exact) mass is 281 g/mol. The first kappa shape index (κ1) is 14.0. The van der Waals surface area contributed by atoms with Gasteiger partial charge >= 0.3 is 0 Å². The molecular formula is C13H19N3O2S. The predicted octanol–water partition coefficient (Wildman–Crippen LogP) is 2.74. The number of aromatic nitrogens is 2. The number of nitrogens with one attached hydrogen (secondary N) is 1. The average molecular weight is 281 g/mol. The molecule has 0 aliphatic heterocycles. The second-order valence-corrected chi connectivity index (χ2v) is 5.09. The smallest absolute Gasteiger partial charge is 0.261 e. The third kappa shape index (κ3) is 3.78. The quantitative estimate of drug-likeness (QED) is 0.754. The number of hydrogen-bond donors (Lipinski definition) is 1. The van der Waals surface area contributed by atoms with Crippen LogP contribution in [0.1, 0.15) is 25.7 Å². The van der Waals surface area contributed by atoms with Crippen molar-refractivity contribution in [3.05, 3.63) is 17.3 Å². The van der Waals surface area contributed by atoms with Crippen LogP contribution < -0.4 is 10.1 Å². The minimum Gasteiger partial charge on any atom is -0.495 e. The van der Waals surface area contributed by atoms with E-state index in [0.717, 1.165) is 43.0 Å². The van der Waals surface area contributed by atoms with Gasteiger partial charge in [-0.2, -0.15) is 0 Å². The summed E-state index contributed by atoms with van der Waals surface area (Å²) < 4.78 is 10.9. The van der Waals surface area contributed by atoms with Crippen molar-refractivity contribution in [3.63, 3.8) is 0 Å². The molecule has 2 aromatic rings.